The summed E-state index contributed by atoms with van der Waals surface area (Å²) in [5, 5.41) is 8.34. The summed E-state index contributed by atoms with van der Waals surface area (Å²) >= 11 is 0. The number of carbonyl (C=O) groups excluding carboxylic acids is 1. The molecule has 2 heterocycles. The molecular formula is C33H43F2N3O3. The van der Waals surface area contributed by atoms with Gasteiger partial charge >= 0.3 is 6.43 Å². The highest BCUT2D eigenvalue weighted by atomic mass is 19.3. The molecule has 0 N–H and O–H groups in total. The number of carbonyl (C=O) groups is 1. The Morgan fingerprint density at radius 3 is 2.41 bits per heavy atom. The van der Waals surface area contributed by atoms with Gasteiger partial charge in [-0.15, -0.1) is 0 Å². The molecule has 6 nitrogen and oxygen atoms in total. The van der Waals surface area contributed by atoms with Crippen LogP contribution in [0.2, 0.25) is 0 Å². The van der Waals surface area contributed by atoms with Gasteiger partial charge in [-0.1, -0.05) is 64.4 Å². The number of nitrogens with zero attached hydrogens (tertiary/aromatic N) is 3. The van der Waals surface area contributed by atoms with Crippen LogP contribution in [-0.2, 0) is 22.0 Å². The highest BCUT2D eigenvalue weighted by Crippen LogP contribution is 2.74. The van der Waals surface area contributed by atoms with Gasteiger partial charge in [0.25, 0.3) is 5.89 Å². The third-order valence-corrected chi connectivity index (χ3v) is 13.4. The molecule has 7 atom stereocenters. The van der Waals surface area contributed by atoms with Gasteiger partial charge in [0.1, 0.15) is 5.76 Å². The fraction of sp³-hybridized carbons (Fsp3) is 0.758. The van der Waals surface area contributed by atoms with Gasteiger partial charge in [-0.25, -0.2) is 0 Å². The van der Waals surface area contributed by atoms with E-state index in [4.69, 9.17) is 9.05 Å². The second kappa shape index (κ2) is 8.16. The number of allylic oxidation sites excluding steroid dienone is 2. The van der Waals surface area contributed by atoms with Crippen LogP contribution in [0.4, 0.5) is 8.78 Å². The molecule has 8 heteroatoms. The van der Waals surface area contributed by atoms with Crippen molar-refractivity contribution in [2.45, 2.75) is 117 Å². The Morgan fingerprint density at radius 2 is 1.71 bits per heavy atom. The molecular weight excluding hydrogens is 524 g/mol. The molecule has 0 radical (unpaired) electrons. The van der Waals surface area contributed by atoms with Gasteiger partial charge in [0, 0.05) is 22.3 Å². The topological polar surface area (TPSA) is 82.0 Å². The Morgan fingerprint density at radius 1 is 0.976 bits per heavy atom. The first-order chi connectivity index (χ1) is 19.1. The molecule has 2 aromatic rings. The normalized spacial score (nSPS) is 42.4. The van der Waals surface area contributed by atoms with Crippen LogP contribution in [0.15, 0.2) is 26.9 Å². The minimum atomic E-state index is -2.80. The van der Waals surface area contributed by atoms with Crippen molar-refractivity contribution in [1.29, 1.82) is 0 Å². The van der Waals surface area contributed by atoms with Crippen LogP contribution in [-0.4, -0.2) is 21.1 Å². The number of hydrogen-bond donors (Lipinski definition) is 0. The Labute approximate surface area is 241 Å². The van der Waals surface area contributed by atoms with E-state index in [0.717, 1.165) is 62.7 Å². The minimum Gasteiger partial charge on any atom is -0.361 e. The van der Waals surface area contributed by atoms with Crippen molar-refractivity contribution in [3.63, 3.8) is 0 Å². The quantitative estimate of drug-likeness (QED) is 0.366. The molecule has 0 saturated heterocycles. The molecule has 0 amide bonds. The summed E-state index contributed by atoms with van der Waals surface area (Å²) in [6, 6.07) is 0. The predicted octanol–water partition coefficient (Wildman–Crippen LogP) is 7.94. The maximum atomic E-state index is 14.7. The standard InChI is InChI=1S/C33H43F2N3O3/c1-28(2)10-12-33(27-37-26(25(34)35)41-38-27)13-11-32(7)23(19(33)16-28)20(39)14-22-30(5)15-18-17-36-40-24(18)29(3,4)21(30)8-9-31(22,32)6/h14,17,19,21,23,25H,8-13,15-16H2,1-7H3/t19-,21-,23-,30-,31+,32+,33-/m0/s1. The average Bonchev–Trinajstić information content (AvgIpc) is 3.56. The molecule has 41 heavy (non-hydrogen) atoms. The summed E-state index contributed by atoms with van der Waals surface area (Å²) in [5.74, 6) is 1.04. The molecule has 0 aliphatic heterocycles. The van der Waals surface area contributed by atoms with E-state index in [-0.39, 0.29) is 44.7 Å². The van der Waals surface area contributed by atoms with Crippen molar-refractivity contribution < 1.29 is 22.6 Å². The van der Waals surface area contributed by atoms with Gasteiger partial charge in [0.05, 0.1) is 6.20 Å². The van der Waals surface area contributed by atoms with Crippen LogP contribution in [0.5, 0.6) is 0 Å². The zero-order valence-electron chi connectivity index (χ0n) is 25.4. The Hall–Kier alpha value is -2.38. The van der Waals surface area contributed by atoms with E-state index in [9.17, 15) is 13.6 Å². The lowest BCUT2D eigenvalue weighted by atomic mass is 9.34. The highest BCUT2D eigenvalue weighted by Gasteiger charge is 2.70. The fourth-order valence-electron chi connectivity index (χ4n) is 11.2. The third kappa shape index (κ3) is 3.34. The molecule has 0 spiro atoms. The van der Waals surface area contributed by atoms with Crippen molar-refractivity contribution in [1.82, 2.24) is 15.3 Å². The molecule has 5 aliphatic carbocycles. The molecule has 0 unspecified atom stereocenters. The predicted molar refractivity (Wildman–Crippen MR) is 148 cm³/mol. The van der Waals surface area contributed by atoms with E-state index < -0.39 is 17.7 Å². The first-order valence-corrected chi connectivity index (χ1v) is 15.4. The van der Waals surface area contributed by atoms with Crippen LogP contribution in [0, 0.1) is 39.4 Å². The van der Waals surface area contributed by atoms with Crippen molar-refractivity contribution in [2.75, 3.05) is 0 Å². The van der Waals surface area contributed by atoms with Crippen molar-refractivity contribution in [3.05, 3.63) is 40.9 Å². The van der Waals surface area contributed by atoms with Crippen molar-refractivity contribution in [3.8, 4) is 0 Å². The van der Waals surface area contributed by atoms with E-state index in [1.54, 1.807) is 0 Å². The van der Waals surface area contributed by atoms with Gasteiger partial charge < -0.3 is 9.05 Å². The van der Waals surface area contributed by atoms with Crippen LogP contribution in [0.25, 0.3) is 0 Å². The van der Waals surface area contributed by atoms with E-state index in [1.807, 2.05) is 12.3 Å². The average molecular weight is 568 g/mol. The maximum absolute atomic E-state index is 14.7. The van der Waals surface area contributed by atoms with E-state index in [2.05, 4.69) is 63.8 Å². The van der Waals surface area contributed by atoms with E-state index in [1.165, 1.54) is 5.57 Å². The number of aromatic nitrogens is 3. The SMILES string of the molecule is CC1(C)CC[C@]2(c3noc(C(F)F)n3)CC[C@]3(C)[C@H](C(=O)C=C4[C@@]5(C)Cc6cnoc6C(C)(C)[C@@H]5CC[C@]43C)[C@@H]2C1. The van der Waals surface area contributed by atoms with Crippen LogP contribution in [0.1, 0.15) is 123 Å². The number of halogens is 2. The summed E-state index contributed by atoms with van der Waals surface area (Å²) in [7, 11) is 0. The van der Waals surface area contributed by atoms with Crippen LogP contribution in [0.3, 0.4) is 0 Å². The molecule has 5 aliphatic rings. The number of hydrogen-bond acceptors (Lipinski definition) is 6. The van der Waals surface area contributed by atoms with Gasteiger partial charge in [0.15, 0.2) is 11.6 Å². The fourth-order valence-corrected chi connectivity index (χ4v) is 11.2. The summed E-state index contributed by atoms with van der Waals surface area (Å²) in [6.45, 7) is 16.2. The lowest BCUT2D eigenvalue weighted by Crippen LogP contribution is -2.66. The Bertz CT molecular complexity index is 1460. The molecule has 0 aromatic carbocycles. The minimum absolute atomic E-state index is 0.0340. The smallest absolute Gasteiger partial charge is 0.315 e. The third-order valence-electron chi connectivity index (χ3n) is 13.4. The van der Waals surface area contributed by atoms with Crippen LogP contribution < -0.4 is 0 Å². The molecule has 3 fully saturated rings. The van der Waals surface area contributed by atoms with Gasteiger partial charge in [-0.2, -0.15) is 13.8 Å². The van der Waals surface area contributed by atoms with Gasteiger partial charge in [0.2, 0.25) is 0 Å². The molecule has 2 aromatic heterocycles. The summed E-state index contributed by atoms with van der Waals surface area (Å²) < 4.78 is 38.0. The van der Waals surface area contributed by atoms with E-state index >= 15 is 0 Å². The Balaban J connectivity index is 1.37. The zero-order valence-corrected chi connectivity index (χ0v) is 25.4. The molecule has 7 rings (SSSR count). The lowest BCUT2D eigenvalue weighted by molar-refractivity contribution is -0.160. The van der Waals surface area contributed by atoms with Crippen LogP contribution >= 0.6 is 0 Å². The monoisotopic (exact) mass is 567 g/mol. The molecule has 222 valence electrons. The zero-order chi connectivity index (χ0) is 29.4. The Kier molecular flexibility index (Phi) is 5.47. The maximum Gasteiger partial charge on any atom is 0.315 e. The second-order valence-corrected chi connectivity index (χ2v) is 16.2. The number of rotatable bonds is 2. The second-order valence-electron chi connectivity index (χ2n) is 16.2. The first-order valence-electron chi connectivity index (χ1n) is 15.4. The largest absolute Gasteiger partial charge is 0.361 e. The lowest BCUT2D eigenvalue weighted by Gasteiger charge is -2.69. The van der Waals surface area contributed by atoms with E-state index in [0.29, 0.717) is 11.7 Å². The summed E-state index contributed by atoms with van der Waals surface area (Å²) in [6.07, 6.45) is 8.16. The first kappa shape index (κ1) is 27.5. The molecule has 3 saturated carbocycles. The van der Waals surface area contributed by atoms with Gasteiger partial charge in [-0.3, -0.25) is 4.79 Å². The van der Waals surface area contributed by atoms with Crippen molar-refractivity contribution in [2.24, 2.45) is 39.4 Å². The molecule has 0 bridgehead atoms. The summed E-state index contributed by atoms with van der Waals surface area (Å²) in [5.41, 5.74) is 1.16. The number of fused-ring (bicyclic) bond motifs is 8. The highest BCUT2D eigenvalue weighted by molar-refractivity contribution is 5.95. The van der Waals surface area contributed by atoms with Gasteiger partial charge in [-0.05, 0) is 90.9 Å². The number of ketones is 1. The number of alkyl halides is 2. The summed E-state index contributed by atoms with van der Waals surface area (Å²) in [4.78, 5) is 18.9. The van der Waals surface area contributed by atoms with Crippen molar-refractivity contribution >= 4 is 5.78 Å².